The summed E-state index contributed by atoms with van der Waals surface area (Å²) in [6.07, 6.45) is 6.05. The van der Waals surface area contributed by atoms with Crippen molar-refractivity contribution < 1.29 is 0 Å². The lowest BCUT2D eigenvalue weighted by Gasteiger charge is -2.07. The van der Waals surface area contributed by atoms with E-state index in [1.54, 1.807) is 7.05 Å². The smallest absolute Gasteiger partial charge is 0.283 e. The summed E-state index contributed by atoms with van der Waals surface area (Å²) in [5.74, 6) is 0.639. The third-order valence-corrected chi connectivity index (χ3v) is 5.49. The summed E-state index contributed by atoms with van der Waals surface area (Å²) >= 11 is 0. The Morgan fingerprint density at radius 2 is 1.76 bits per heavy atom. The first-order chi connectivity index (χ1) is 14.0. The highest BCUT2D eigenvalue weighted by Crippen LogP contribution is 2.21. The van der Waals surface area contributed by atoms with E-state index in [-0.39, 0.29) is 11.2 Å². The molecule has 29 heavy (non-hydrogen) atoms. The number of fused-ring (bicyclic) bond motifs is 3. The van der Waals surface area contributed by atoms with Gasteiger partial charge in [-0.15, -0.1) is 0 Å². The van der Waals surface area contributed by atoms with Crippen LogP contribution in [0.4, 0.5) is 0 Å². The van der Waals surface area contributed by atoms with Crippen LogP contribution in [-0.2, 0) is 20.0 Å². The van der Waals surface area contributed by atoms with E-state index in [1.807, 2.05) is 29.0 Å². The predicted molar refractivity (Wildman–Crippen MR) is 115 cm³/mol. The van der Waals surface area contributed by atoms with Crippen LogP contribution in [0.5, 0.6) is 0 Å². The maximum atomic E-state index is 13.0. The van der Waals surface area contributed by atoms with Crippen molar-refractivity contribution >= 4 is 16.9 Å². The lowest BCUT2D eigenvalue weighted by molar-refractivity contribution is 0.592. The predicted octanol–water partition coefficient (Wildman–Crippen LogP) is 3.20. The van der Waals surface area contributed by atoms with E-state index in [1.165, 1.54) is 27.5 Å². The molecule has 7 heteroatoms. The molecule has 0 saturated carbocycles. The molecule has 0 aliphatic rings. The Balaban J connectivity index is 1.94. The van der Waals surface area contributed by atoms with Crippen molar-refractivity contribution in [2.45, 2.75) is 53.0 Å². The van der Waals surface area contributed by atoms with Crippen molar-refractivity contribution in [1.29, 1.82) is 0 Å². The van der Waals surface area contributed by atoms with Crippen molar-refractivity contribution in [2.24, 2.45) is 7.05 Å². The fourth-order valence-electron chi connectivity index (χ4n) is 3.94. The summed E-state index contributed by atoms with van der Waals surface area (Å²) in [6, 6.07) is 8.47. The van der Waals surface area contributed by atoms with Crippen molar-refractivity contribution in [3.8, 4) is 5.69 Å². The Bertz CT molecular complexity index is 1300. The standard InChI is InChI=1S/C22H27N5O2/c1-5-7-8-16-9-11-17(12-10-16)27-15(3)14-26-18-19(23-21(26)27)24(4)22(29)25(13-6-2)20(18)28/h9-12,14H,5-8,13H2,1-4H3. The Labute approximate surface area is 168 Å². The van der Waals surface area contributed by atoms with Gasteiger partial charge in [-0.25, -0.2) is 4.79 Å². The molecular formula is C22H27N5O2. The molecule has 4 rings (SSSR count). The van der Waals surface area contributed by atoms with Crippen LogP contribution in [0.1, 0.15) is 44.4 Å². The van der Waals surface area contributed by atoms with Gasteiger partial charge in [-0.2, -0.15) is 4.98 Å². The minimum atomic E-state index is -0.325. The number of hydrogen-bond donors (Lipinski definition) is 0. The first-order valence-corrected chi connectivity index (χ1v) is 10.3. The van der Waals surface area contributed by atoms with Gasteiger partial charge >= 0.3 is 5.69 Å². The van der Waals surface area contributed by atoms with Gasteiger partial charge in [0.25, 0.3) is 5.56 Å². The Morgan fingerprint density at radius 1 is 1.03 bits per heavy atom. The zero-order valence-corrected chi connectivity index (χ0v) is 17.5. The number of hydrogen-bond acceptors (Lipinski definition) is 3. The largest absolute Gasteiger partial charge is 0.332 e. The molecular weight excluding hydrogens is 366 g/mol. The molecule has 0 atom stereocenters. The summed E-state index contributed by atoms with van der Waals surface area (Å²) in [7, 11) is 1.67. The number of rotatable bonds is 6. The Kier molecular flexibility index (Phi) is 4.90. The quantitative estimate of drug-likeness (QED) is 0.505. The van der Waals surface area contributed by atoms with Gasteiger partial charge in [-0.05, 0) is 43.9 Å². The second kappa shape index (κ2) is 7.39. The monoisotopic (exact) mass is 393 g/mol. The van der Waals surface area contributed by atoms with Crippen LogP contribution < -0.4 is 11.2 Å². The molecule has 0 radical (unpaired) electrons. The van der Waals surface area contributed by atoms with Crippen LogP contribution in [0, 0.1) is 6.92 Å². The summed E-state index contributed by atoms with van der Waals surface area (Å²) in [6.45, 7) is 6.54. The number of aromatic nitrogens is 5. The van der Waals surface area contributed by atoms with Gasteiger partial charge in [-0.3, -0.25) is 22.9 Å². The van der Waals surface area contributed by atoms with Crippen molar-refractivity contribution in [1.82, 2.24) is 23.1 Å². The first-order valence-electron chi connectivity index (χ1n) is 10.3. The minimum Gasteiger partial charge on any atom is -0.283 e. The molecule has 152 valence electrons. The average molecular weight is 393 g/mol. The number of aryl methyl sites for hydroxylation is 3. The molecule has 0 aliphatic heterocycles. The van der Waals surface area contributed by atoms with Crippen LogP contribution in [0.15, 0.2) is 40.1 Å². The zero-order chi connectivity index (χ0) is 20.7. The lowest BCUT2D eigenvalue weighted by Crippen LogP contribution is -2.39. The molecule has 7 nitrogen and oxygen atoms in total. The second-order valence-electron chi connectivity index (χ2n) is 7.63. The average Bonchev–Trinajstić information content (AvgIpc) is 3.23. The summed E-state index contributed by atoms with van der Waals surface area (Å²) in [5.41, 5.74) is 3.53. The molecule has 0 N–H and O–H groups in total. The fraction of sp³-hybridized carbons (Fsp3) is 0.409. The third kappa shape index (κ3) is 3.01. The van der Waals surface area contributed by atoms with E-state index >= 15 is 0 Å². The molecule has 0 fully saturated rings. The number of benzene rings is 1. The normalized spacial score (nSPS) is 11.7. The highest BCUT2D eigenvalue weighted by Gasteiger charge is 2.20. The molecule has 3 heterocycles. The third-order valence-electron chi connectivity index (χ3n) is 5.49. The van der Waals surface area contributed by atoms with Crippen LogP contribution >= 0.6 is 0 Å². The van der Waals surface area contributed by atoms with E-state index in [4.69, 9.17) is 0 Å². The Hall–Kier alpha value is -3.09. The van der Waals surface area contributed by atoms with E-state index in [9.17, 15) is 9.59 Å². The van der Waals surface area contributed by atoms with Crippen LogP contribution in [0.3, 0.4) is 0 Å². The molecule has 4 aromatic rings. The van der Waals surface area contributed by atoms with E-state index in [0.717, 1.165) is 17.8 Å². The number of unbranched alkanes of at least 4 members (excludes halogenated alkanes) is 1. The van der Waals surface area contributed by atoms with Crippen molar-refractivity contribution in [2.75, 3.05) is 0 Å². The van der Waals surface area contributed by atoms with E-state index < -0.39 is 0 Å². The second-order valence-corrected chi connectivity index (χ2v) is 7.63. The molecule has 0 unspecified atom stereocenters. The molecule has 0 amide bonds. The topological polar surface area (TPSA) is 66.2 Å². The van der Waals surface area contributed by atoms with Gasteiger partial charge in [0, 0.05) is 31.2 Å². The van der Waals surface area contributed by atoms with Crippen molar-refractivity contribution in [3.63, 3.8) is 0 Å². The van der Waals surface area contributed by atoms with Gasteiger partial charge < -0.3 is 0 Å². The van der Waals surface area contributed by atoms with Gasteiger partial charge in [0.1, 0.15) is 0 Å². The number of nitrogens with zero attached hydrogens (tertiary/aromatic N) is 5. The number of imidazole rings is 2. The molecule has 1 aromatic carbocycles. The highest BCUT2D eigenvalue weighted by atomic mass is 16.2. The van der Waals surface area contributed by atoms with Gasteiger partial charge in [0.15, 0.2) is 11.2 Å². The SMILES string of the molecule is CCCCc1ccc(-n2c(C)cn3c4c(=O)n(CCC)c(=O)n(C)c4nc23)cc1. The van der Waals surface area contributed by atoms with E-state index in [2.05, 4.69) is 36.2 Å². The molecule has 0 spiro atoms. The molecule has 0 aliphatic carbocycles. The summed E-state index contributed by atoms with van der Waals surface area (Å²) in [5, 5.41) is 0. The van der Waals surface area contributed by atoms with E-state index in [0.29, 0.717) is 29.9 Å². The summed E-state index contributed by atoms with van der Waals surface area (Å²) in [4.78, 5) is 30.3. The highest BCUT2D eigenvalue weighted by molar-refractivity contribution is 5.76. The van der Waals surface area contributed by atoms with Gasteiger partial charge in [0.05, 0.1) is 0 Å². The van der Waals surface area contributed by atoms with Crippen LogP contribution in [0.2, 0.25) is 0 Å². The molecule has 0 saturated heterocycles. The van der Waals surface area contributed by atoms with Crippen LogP contribution in [0.25, 0.3) is 22.6 Å². The maximum absolute atomic E-state index is 13.0. The molecule has 3 aromatic heterocycles. The maximum Gasteiger partial charge on any atom is 0.332 e. The molecule has 0 bridgehead atoms. The van der Waals surface area contributed by atoms with Crippen LogP contribution in [-0.4, -0.2) is 23.1 Å². The lowest BCUT2D eigenvalue weighted by atomic mass is 10.1. The fourth-order valence-corrected chi connectivity index (χ4v) is 3.94. The summed E-state index contributed by atoms with van der Waals surface area (Å²) < 4.78 is 6.60. The van der Waals surface area contributed by atoms with Crippen molar-refractivity contribution in [3.05, 3.63) is 62.6 Å². The van der Waals surface area contributed by atoms with Gasteiger partial charge in [-0.1, -0.05) is 32.4 Å². The Morgan fingerprint density at radius 3 is 2.41 bits per heavy atom. The first kappa shape index (κ1) is 19.2. The van der Waals surface area contributed by atoms with Gasteiger partial charge in [0.2, 0.25) is 5.78 Å². The minimum absolute atomic E-state index is 0.287. The zero-order valence-electron chi connectivity index (χ0n) is 17.5.